The van der Waals surface area contributed by atoms with E-state index in [1.807, 2.05) is 64.8 Å². The summed E-state index contributed by atoms with van der Waals surface area (Å²) < 4.78 is 0. The molecule has 0 N–H and O–H groups in total. The summed E-state index contributed by atoms with van der Waals surface area (Å²) in [6.07, 6.45) is 0. The lowest BCUT2D eigenvalue weighted by molar-refractivity contribution is 1.50. The molecule has 0 heterocycles. The second kappa shape index (κ2) is 21.5. The van der Waals surface area contributed by atoms with Crippen LogP contribution in [0.5, 0.6) is 0 Å². The van der Waals surface area contributed by atoms with E-state index in [-0.39, 0.29) is 0 Å². The third kappa shape index (κ3) is 21.5. The van der Waals surface area contributed by atoms with Gasteiger partial charge in [-0.3, -0.25) is 0 Å². The zero-order valence-electron chi connectivity index (χ0n) is 10.5. The third-order valence-corrected chi connectivity index (χ3v) is 12.7. The quantitative estimate of drug-likeness (QED) is 0.120. The fraction of sp³-hybridized carbons (Fsp3) is 1.00. The van der Waals surface area contributed by atoms with Gasteiger partial charge in [-0.1, -0.05) is 75.6 Å². The molecule has 0 radical (unpaired) electrons. The summed E-state index contributed by atoms with van der Waals surface area (Å²) in [6, 6.07) is 0. The lowest BCUT2D eigenvalue weighted by Crippen LogP contribution is -1.88. The molecule has 0 amide bonds. The molecule has 10 heteroatoms. The fourth-order valence-electron chi connectivity index (χ4n) is 0.743. The second-order valence-electron chi connectivity index (χ2n) is 2.81. The molecule has 0 saturated carbocycles. The Labute approximate surface area is 161 Å². The number of thiol groups is 2. The highest BCUT2D eigenvalue weighted by Crippen LogP contribution is 2.30. The topological polar surface area (TPSA) is 0 Å². The SMILES string of the molecule is SCCSSCCSCCSSCCSSCSS. The maximum atomic E-state index is 4.19. The average Bonchev–Trinajstić information content (AvgIpc) is 2.43. The summed E-state index contributed by atoms with van der Waals surface area (Å²) in [6.45, 7) is 0. The van der Waals surface area contributed by atoms with Gasteiger partial charge in [0.25, 0.3) is 0 Å². The van der Waals surface area contributed by atoms with Gasteiger partial charge in [-0.2, -0.15) is 24.4 Å². The lowest BCUT2D eigenvalue weighted by Gasteiger charge is -2.02. The van der Waals surface area contributed by atoms with E-state index in [1.54, 1.807) is 10.8 Å². The molecule has 116 valence electrons. The van der Waals surface area contributed by atoms with Crippen LogP contribution in [0.15, 0.2) is 0 Å². The van der Waals surface area contributed by atoms with E-state index in [1.165, 1.54) is 34.5 Å². The number of hydrogen-bond acceptors (Lipinski definition) is 10. The molecule has 0 aromatic carbocycles. The third-order valence-electron chi connectivity index (χ3n) is 1.40. The van der Waals surface area contributed by atoms with E-state index in [9.17, 15) is 0 Å². The van der Waals surface area contributed by atoms with Crippen LogP contribution in [0.3, 0.4) is 0 Å². The molecule has 0 saturated heterocycles. The first-order valence-corrected chi connectivity index (χ1v) is 16.9. The van der Waals surface area contributed by atoms with Gasteiger partial charge in [0.1, 0.15) is 0 Å². The van der Waals surface area contributed by atoms with Crippen LogP contribution in [-0.2, 0) is 0 Å². The summed E-state index contributed by atoms with van der Waals surface area (Å²) >= 11 is 10.4. The molecule has 0 aliphatic rings. The number of hydrogen-bond donors (Lipinski definition) is 2. The Morgan fingerprint density at radius 1 is 0.579 bits per heavy atom. The maximum Gasteiger partial charge on any atom is 0.0597 e. The van der Waals surface area contributed by atoms with Crippen molar-refractivity contribution in [3.8, 4) is 0 Å². The Hall–Kier alpha value is 3.50. The zero-order valence-corrected chi connectivity index (χ0v) is 18.8. The first-order chi connectivity index (χ1) is 9.41. The molecular formula is C9H20S10. The van der Waals surface area contributed by atoms with Gasteiger partial charge in [0.2, 0.25) is 0 Å². The van der Waals surface area contributed by atoms with Crippen LogP contribution < -0.4 is 0 Å². The van der Waals surface area contributed by atoms with Gasteiger partial charge in [-0.15, -0.1) is 11.7 Å². The van der Waals surface area contributed by atoms with Crippen molar-refractivity contribution >= 4 is 112 Å². The molecule has 0 unspecified atom stereocenters. The smallest absolute Gasteiger partial charge is 0.0597 e. The Bertz CT molecular complexity index is 142. The highest BCUT2D eigenvalue weighted by molar-refractivity contribution is 8.82. The van der Waals surface area contributed by atoms with Crippen molar-refractivity contribution in [1.82, 2.24) is 0 Å². The average molecular weight is 449 g/mol. The second-order valence-corrected chi connectivity index (χ2v) is 14.2. The molecule has 0 aromatic rings. The molecule has 0 nitrogen and oxygen atoms in total. The molecule has 0 aliphatic carbocycles. The summed E-state index contributed by atoms with van der Waals surface area (Å²) in [7, 11) is 13.4. The van der Waals surface area contributed by atoms with Crippen molar-refractivity contribution in [3.05, 3.63) is 0 Å². The van der Waals surface area contributed by atoms with Gasteiger partial charge in [0.15, 0.2) is 0 Å². The van der Waals surface area contributed by atoms with Crippen molar-refractivity contribution in [2.45, 2.75) is 0 Å². The lowest BCUT2D eigenvalue weighted by atomic mass is 10.9. The van der Waals surface area contributed by atoms with Crippen LogP contribution in [0, 0.1) is 0 Å². The minimum Gasteiger partial charge on any atom is -0.178 e. The maximum absolute atomic E-state index is 4.19. The molecule has 0 fully saturated rings. The van der Waals surface area contributed by atoms with Gasteiger partial charge < -0.3 is 0 Å². The number of thioether (sulfide) groups is 1. The minimum atomic E-state index is 0.989. The highest BCUT2D eigenvalue weighted by Gasteiger charge is 1.95. The van der Waals surface area contributed by atoms with E-state index in [0.29, 0.717) is 0 Å². The Balaban J connectivity index is 2.88. The normalized spacial score (nSPS) is 11.1. The molecular weight excluding hydrogens is 429 g/mol. The predicted octanol–water partition coefficient (Wildman–Crippen LogP) is 6.33. The first kappa shape index (κ1) is 22.5. The van der Waals surface area contributed by atoms with Crippen molar-refractivity contribution in [2.24, 2.45) is 0 Å². The monoisotopic (exact) mass is 448 g/mol. The molecule has 0 bridgehead atoms. The van der Waals surface area contributed by atoms with Gasteiger partial charge in [-0.05, 0) is 0 Å². The Morgan fingerprint density at radius 2 is 1.05 bits per heavy atom. The fourth-order valence-corrected chi connectivity index (χ4v) is 11.4. The van der Waals surface area contributed by atoms with E-state index in [2.05, 4.69) is 36.1 Å². The van der Waals surface area contributed by atoms with Gasteiger partial charge >= 0.3 is 0 Å². The largest absolute Gasteiger partial charge is 0.178 e. The standard InChI is InChI=1S/C9H20S10/c10-1-2-14-15-5-3-12-4-6-16-17-7-8-18-19-9-13-11/h10-11H,1-9H2. The van der Waals surface area contributed by atoms with Crippen LogP contribution in [-0.4, -0.2) is 51.1 Å². The van der Waals surface area contributed by atoms with Crippen LogP contribution in [0.25, 0.3) is 0 Å². The van der Waals surface area contributed by atoms with Crippen molar-refractivity contribution in [3.63, 3.8) is 0 Å². The molecule has 19 heavy (non-hydrogen) atoms. The molecule has 0 atom stereocenters. The Morgan fingerprint density at radius 3 is 1.58 bits per heavy atom. The summed E-state index contributed by atoms with van der Waals surface area (Å²) in [5.74, 6) is 9.74. The van der Waals surface area contributed by atoms with E-state index >= 15 is 0 Å². The molecule has 0 rings (SSSR count). The first-order valence-electron chi connectivity index (χ1n) is 5.60. The molecule has 0 aromatic heterocycles. The zero-order chi connectivity index (χ0) is 14.0. The van der Waals surface area contributed by atoms with E-state index in [0.717, 1.165) is 16.6 Å². The molecule has 0 aliphatic heterocycles. The van der Waals surface area contributed by atoms with E-state index in [4.69, 9.17) is 0 Å². The highest BCUT2D eigenvalue weighted by atomic mass is 33.1. The van der Waals surface area contributed by atoms with Crippen LogP contribution >= 0.6 is 112 Å². The van der Waals surface area contributed by atoms with Crippen LogP contribution in [0.1, 0.15) is 0 Å². The van der Waals surface area contributed by atoms with Gasteiger partial charge in [0, 0.05) is 46.0 Å². The van der Waals surface area contributed by atoms with Gasteiger partial charge in [-0.25, -0.2) is 0 Å². The van der Waals surface area contributed by atoms with Crippen molar-refractivity contribution in [2.75, 3.05) is 51.1 Å². The summed E-state index contributed by atoms with van der Waals surface area (Å²) in [4.78, 5) is 0. The Kier molecular flexibility index (Phi) is 25.5. The van der Waals surface area contributed by atoms with Crippen molar-refractivity contribution < 1.29 is 0 Å². The molecule has 0 spiro atoms. The minimum absolute atomic E-state index is 0.989. The van der Waals surface area contributed by atoms with Crippen molar-refractivity contribution in [1.29, 1.82) is 0 Å². The number of rotatable bonds is 16. The van der Waals surface area contributed by atoms with Gasteiger partial charge in [0.05, 0.1) is 5.08 Å². The van der Waals surface area contributed by atoms with Crippen LogP contribution in [0.2, 0.25) is 0 Å². The summed E-state index contributed by atoms with van der Waals surface area (Å²) in [5, 5.41) is 1.08. The van der Waals surface area contributed by atoms with Crippen LogP contribution in [0.4, 0.5) is 0 Å². The predicted molar refractivity (Wildman–Crippen MR) is 123 cm³/mol. The summed E-state index contributed by atoms with van der Waals surface area (Å²) in [5.41, 5.74) is 0. The van der Waals surface area contributed by atoms with E-state index < -0.39 is 0 Å².